The van der Waals surface area contributed by atoms with Gasteiger partial charge in [0, 0.05) is 23.3 Å². The molecular weight excluding hydrogens is 324 g/mol. The third kappa shape index (κ3) is 2.38. The lowest BCUT2D eigenvalue weighted by atomic mass is 10.1. The number of carbonyl (C=O) groups is 1. The topological polar surface area (TPSA) is 32.3 Å². The molecule has 1 aromatic carbocycles. The highest BCUT2D eigenvalue weighted by atomic mass is 79.9. The minimum Gasteiger partial charge on any atom is -0.331 e. The van der Waals surface area contributed by atoms with Gasteiger partial charge in [-0.2, -0.15) is 0 Å². The zero-order valence-electron chi connectivity index (χ0n) is 11.1. The van der Waals surface area contributed by atoms with Crippen LogP contribution in [0.15, 0.2) is 16.6 Å². The Morgan fingerprint density at radius 2 is 2.21 bits per heavy atom. The van der Waals surface area contributed by atoms with Crippen molar-refractivity contribution >= 4 is 39.5 Å². The third-order valence-corrected chi connectivity index (χ3v) is 4.89. The Hall–Kier alpha value is -0.680. The largest absolute Gasteiger partial charge is 0.331 e. The number of anilines is 1. The molecule has 1 atom stereocenters. The molecule has 0 bridgehead atoms. The molecule has 1 N–H and O–H groups in total. The summed E-state index contributed by atoms with van der Waals surface area (Å²) in [6.07, 6.45) is 4.50. The molecule has 3 nitrogen and oxygen atoms in total. The molecule has 1 saturated carbocycles. The first-order chi connectivity index (χ1) is 9.11. The van der Waals surface area contributed by atoms with Crippen molar-refractivity contribution in [3.63, 3.8) is 0 Å². The SMILES string of the molecule is CSNc1cc(Br)cc2c1C(=O)N(C(C)C1CC1)C2. The van der Waals surface area contributed by atoms with E-state index in [0.29, 0.717) is 12.0 Å². The van der Waals surface area contributed by atoms with Gasteiger partial charge in [-0.3, -0.25) is 4.79 Å². The van der Waals surface area contributed by atoms with Crippen molar-refractivity contribution in [2.75, 3.05) is 11.0 Å². The number of carbonyl (C=O) groups excluding carboxylic acids is 1. The van der Waals surface area contributed by atoms with Crippen LogP contribution in [0.2, 0.25) is 0 Å². The predicted molar refractivity (Wildman–Crippen MR) is 83.3 cm³/mol. The molecule has 3 rings (SSSR count). The molecule has 1 amide bonds. The molecule has 1 heterocycles. The van der Waals surface area contributed by atoms with Gasteiger partial charge in [-0.15, -0.1) is 0 Å². The molecule has 2 aliphatic rings. The first kappa shape index (κ1) is 13.3. The molecule has 1 aliphatic heterocycles. The summed E-state index contributed by atoms with van der Waals surface area (Å²) >= 11 is 5.04. The molecular formula is C14H17BrN2OS. The second-order valence-corrected chi connectivity index (χ2v) is 6.83. The van der Waals surface area contributed by atoms with Crippen LogP contribution >= 0.6 is 27.9 Å². The Balaban J connectivity index is 1.95. The number of benzene rings is 1. The Morgan fingerprint density at radius 1 is 1.47 bits per heavy atom. The first-order valence-corrected chi connectivity index (χ1v) is 8.56. The summed E-state index contributed by atoms with van der Waals surface area (Å²) in [6, 6.07) is 4.41. The number of nitrogens with zero attached hydrogens (tertiary/aromatic N) is 1. The maximum absolute atomic E-state index is 12.6. The van der Waals surface area contributed by atoms with E-state index in [4.69, 9.17) is 0 Å². The summed E-state index contributed by atoms with van der Waals surface area (Å²) in [7, 11) is 0. The summed E-state index contributed by atoms with van der Waals surface area (Å²) in [5.74, 6) is 0.886. The quantitative estimate of drug-likeness (QED) is 0.843. The maximum atomic E-state index is 12.6. The zero-order chi connectivity index (χ0) is 13.6. The van der Waals surface area contributed by atoms with Gasteiger partial charge in [0.05, 0.1) is 11.3 Å². The normalized spacial score (nSPS) is 19.5. The minimum absolute atomic E-state index is 0.179. The Morgan fingerprint density at radius 3 is 2.84 bits per heavy atom. The molecule has 1 aliphatic carbocycles. The van der Waals surface area contributed by atoms with E-state index < -0.39 is 0 Å². The first-order valence-electron chi connectivity index (χ1n) is 6.54. The molecule has 0 saturated heterocycles. The molecule has 0 aromatic heterocycles. The van der Waals surface area contributed by atoms with E-state index in [1.54, 1.807) is 0 Å². The number of amides is 1. The summed E-state index contributed by atoms with van der Waals surface area (Å²) in [6.45, 7) is 2.92. The fraction of sp³-hybridized carbons (Fsp3) is 0.500. The van der Waals surface area contributed by atoms with E-state index in [-0.39, 0.29) is 5.91 Å². The van der Waals surface area contributed by atoms with Crippen molar-refractivity contribution in [2.45, 2.75) is 32.4 Å². The fourth-order valence-electron chi connectivity index (χ4n) is 2.79. The van der Waals surface area contributed by atoms with Crippen LogP contribution < -0.4 is 4.72 Å². The van der Waals surface area contributed by atoms with Gasteiger partial charge in [-0.05, 0) is 43.4 Å². The van der Waals surface area contributed by atoms with E-state index in [9.17, 15) is 4.79 Å². The highest BCUT2D eigenvalue weighted by Crippen LogP contribution is 2.40. The fourth-order valence-corrected chi connectivity index (χ4v) is 3.68. The molecule has 1 aromatic rings. The molecule has 102 valence electrons. The number of halogens is 1. The van der Waals surface area contributed by atoms with E-state index in [1.807, 2.05) is 17.2 Å². The number of rotatable bonds is 4. The van der Waals surface area contributed by atoms with E-state index in [0.717, 1.165) is 27.8 Å². The lowest BCUT2D eigenvalue weighted by Crippen LogP contribution is -2.34. The van der Waals surface area contributed by atoms with Crippen molar-refractivity contribution in [1.82, 2.24) is 4.90 Å². The van der Waals surface area contributed by atoms with Crippen LogP contribution in [-0.4, -0.2) is 23.1 Å². The van der Waals surface area contributed by atoms with Gasteiger partial charge in [-0.1, -0.05) is 27.9 Å². The van der Waals surface area contributed by atoms with Gasteiger partial charge < -0.3 is 9.62 Å². The smallest absolute Gasteiger partial charge is 0.256 e. The highest BCUT2D eigenvalue weighted by Gasteiger charge is 2.39. The number of hydrogen-bond donors (Lipinski definition) is 1. The van der Waals surface area contributed by atoms with Gasteiger partial charge in [0.25, 0.3) is 5.91 Å². The van der Waals surface area contributed by atoms with Gasteiger partial charge >= 0.3 is 0 Å². The lowest BCUT2D eigenvalue weighted by Gasteiger charge is -2.24. The molecule has 0 spiro atoms. The predicted octanol–water partition coefficient (Wildman–Crippen LogP) is 3.89. The zero-order valence-corrected chi connectivity index (χ0v) is 13.5. The minimum atomic E-state index is 0.179. The Kier molecular flexibility index (Phi) is 3.52. The summed E-state index contributed by atoms with van der Waals surface area (Å²) < 4.78 is 4.25. The number of hydrogen-bond acceptors (Lipinski definition) is 3. The van der Waals surface area contributed by atoms with Gasteiger partial charge in [0.2, 0.25) is 0 Å². The highest BCUT2D eigenvalue weighted by molar-refractivity contribution is 9.10. The van der Waals surface area contributed by atoms with Crippen molar-refractivity contribution in [1.29, 1.82) is 0 Å². The lowest BCUT2D eigenvalue weighted by molar-refractivity contribution is 0.0698. The van der Waals surface area contributed by atoms with E-state index in [2.05, 4.69) is 33.6 Å². The van der Waals surface area contributed by atoms with Crippen molar-refractivity contribution in [3.8, 4) is 0 Å². The van der Waals surface area contributed by atoms with Crippen molar-refractivity contribution in [2.24, 2.45) is 5.92 Å². The molecule has 1 unspecified atom stereocenters. The van der Waals surface area contributed by atoms with Gasteiger partial charge in [0.1, 0.15) is 0 Å². The Bertz CT molecular complexity index is 530. The third-order valence-electron chi connectivity index (χ3n) is 4.01. The van der Waals surface area contributed by atoms with Crippen molar-refractivity contribution < 1.29 is 4.79 Å². The van der Waals surface area contributed by atoms with Crippen LogP contribution in [0.4, 0.5) is 5.69 Å². The Labute approximate surface area is 126 Å². The van der Waals surface area contributed by atoms with Crippen LogP contribution in [0, 0.1) is 5.92 Å². The second-order valence-electron chi connectivity index (χ2n) is 5.30. The maximum Gasteiger partial charge on any atom is 0.256 e. The van der Waals surface area contributed by atoms with Crippen LogP contribution in [0.1, 0.15) is 35.7 Å². The van der Waals surface area contributed by atoms with Crippen LogP contribution in [0.5, 0.6) is 0 Å². The molecule has 19 heavy (non-hydrogen) atoms. The van der Waals surface area contributed by atoms with Crippen LogP contribution in [0.3, 0.4) is 0 Å². The summed E-state index contributed by atoms with van der Waals surface area (Å²) in [4.78, 5) is 14.7. The molecule has 0 radical (unpaired) electrons. The van der Waals surface area contributed by atoms with Crippen LogP contribution in [0.25, 0.3) is 0 Å². The standard InChI is InChI=1S/C14H17BrN2OS/c1-8(9-3-4-9)17-7-10-5-11(15)6-12(16-19-2)13(10)14(17)18/h5-6,8-9,16H,3-4,7H2,1-2H3. The molecule has 5 heteroatoms. The van der Waals surface area contributed by atoms with Crippen LogP contribution in [-0.2, 0) is 6.54 Å². The summed E-state index contributed by atoms with van der Waals surface area (Å²) in [5.41, 5.74) is 2.90. The molecule has 1 fully saturated rings. The van der Waals surface area contributed by atoms with Gasteiger partial charge in [0.15, 0.2) is 0 Å². The second kappa shape index (κ2) is 5.02. The van der Waals surface area contributed by atoms with E-state index in [1.165, 1.54) is 24.8 Å². The average molecular weight is 341 g/mol. The summed E-state index contributed by atoms with van der Waals surface area (Å²) in [5, 5.41) is 0. The monoisotopic (exact) mass is 340 g/mol. The van der Waals surface area contributed by atoms with E-state index >= 15 is 0 Å². The average Bonchev–Trinajstić information content (AvgIpc) is 3.14. The number of fused-ring (bicyclic) bond motifs is 1. The van der Waals surface area contributed by atoms with Crippen molar-refractivity contribution in [3.05, 3.63) is 27.7 Å². The van der Waals surface area contributed by atoms with Gasteiger partial charge in [-0.25, -0.2) is 0 Å². The number of nitrogens with one attached hydrogen (secondary N) is 1.